The molecule has 9 heteroatoms. The first-order chi connectivity index (χ1) is 16.3. The second-order valence-corrected chi connectivity index (χ2v) is 8.82. The molecule has 172 valence electrons. The van der Waals surface area contributed by atoms with E-state index in [0.717, 1.165) is 12.5 Å². The molecule has 1 saturated heterocycles. The van der Waals surface area contributed by atoms with Crippen molar-refractivity contribution in [2.45, 2.75) is 13.3 Å². The summed E-state index contributed by atoms with van der Waals surface area (Å²) in [5.41, 5.74) is 0.837. The minimum absolute atomic E-state index is 0.0699. The van der Waals surface area contributed by atoms with E-state index >= 15 is 0 Å². The number of hydrogen-bond acceptors (Lipinski definition) is 7. The number of anilines is 1. The summed E-state index contributed by atoms with van der Waals surface area (Å²) < 4.78 is 5.07. The zero-order chi connectivity index (χ0) is 24.1. The lowest BCUT2D eigenvalue weighted by Crippen LogP contribution is -2.32. The summed E-state index contributed by atoms with van der Waals surface area (Å²) in [4.78, 5) is 62.2. The number of nitrogens with zero attached hydrogens (tertiary/aromatic N) is 2. The Morgan fingerprint density at radius 3 is 2.18 bits per heavy atom. The third-order valence-electron chi connectivity index (χ3n) is 6.89. The standard InChI is InChI=1S/C25H20N2O7/c1-13-2-3-15(11-19(13)27(32)33)20(28)12-34-25(31)14-6-8-18(9-7-14)26-23(29)21-16-4-5-17(10-16)22(21)24(26)30/h2-9,11,16-17,21-22H,10,12H2,1H3/t16-,17-,21-,22-/m0/s1. The zero-order valence-electron chi connectivity index (χ0n) is 18.2. The number of carbonyl (C=O) groups excluding carboxylic acids is 4. The number of allylic oxidation sites excluding steroid dienone is 2. The molecule has 5 rings (SSSR count). The molecule has 1 heterocycles. The molecule has 2 aromatic rings. The maximum atomic E-state index is 12.9. The van der Waals surface area contributed by atoms with Crippen molar-refractivity contribution < 1.29 is 28.8 Å². The molecule has 1 aliphatic heterocycles. The fraction of sp³-hybridized carbons (Fsp3) is 0.280. The molecule has 2 bridgehead atoms. The summed E-state index contributed by atoms with van der Waals surface area (Å²) >= 11 is 0. The summed E-state index contributed by atoms with van der Waals surface area (Å²) in [7, 11) is 0. The van der Waals surface area contributed by atoms with E-state index < -0.39 is 23.3 Å². The van der Waals surface area contributed by atoms with Crippen LogP contribution in [0.15, 0.2) is 54.6 Å². The van der Waals surface area contributed by atoms with Crippen molar-refractivity contribution in [2.75, 3.05) is 11.5 Å². The van der Waals surface area contributed by atoms with Gasteiger partial charge in [0.1, 0.15) is 0 Å². The van der Waals surface area contributed by atoms with Crippen molar-refractivity contribution in [1.82, 2.24) is 0 Å². The Morgan fingerprint density at radius 1 is 1.00 bits per heavy atom. The summed E-state index contributed by atoms with van der Waals surface area (Å²) in [6, 6.07) is 9.93. The normalized spacial score (nSPS) is 24.4. The van der Waals surface area contributed by atoms with Gasteiger partial charge in [0.2, 0.25) is 17.6 Å². The Bertz CT molecular complexity index is 1250. The van der Waals surface area contributed by atoms with Gasteiger partial charge in [-0.3, -0.25) is 29.4 Å². The first kappa shape index (κ1) is 21.7. The van der Waals surface area contributed by atoms with Crippen molar-refractivity contribution in [1.29, 1.82) is 0 Å². The average Bonchev–Trinajstić information content (AvgIpc) is 3.51. The fourth-order valence-electron chi connectivity index (χ4n) is 5.18. The van der Waals surface area contributed by atoms with Crippen molar-refractivity contribution >= 4 is 34.9 Å². The Labute approximate surface area is 194 Å². The number of Topliss-reactive ketones (excluding diaryl/α,β-unsaturated/α-hetero) is 1. The molecule has 9 nitrogen and oxygen atoms in total. The summed E-state index contributed by atoms with van der Waals surface area (Å²) in [5.74, 6) is -2.15. The van der Waals surface area contributed by atoms with Crippen LogP contribution in [0, 0.1) is 40.7 Å². The van der Waals surface area contributed by atoms with Crippen LogP contribution in [0.3, 0.4) is 0 Å². The molecule has 0 aromatic heterocycles. The highest BCUT2D eigenvalue weighted by Crippen LogP contribution is 2.53. The number of benzene rings is 2. The SMILES string of the molecule is Cc1ccc(C(=O)COC(=O)c2ccc(N3C(=O)[C@@H]4[C@@H](C3=O)[C@H]3C=C[C@H]4C3)cc2)cc1[N+](=O)[O-]. The molecular weight excluding hydrogens is 440 g/mol. The van der Waals surface area contributed by atoms with E-state index in [0.29, 0.717) is 11.3 Å². The molecule has 34 heavy (non-hydrogen) atoms. The van der Waals surface area contributed by atoms with Crippen molar-refractivity contribution in [2.24, 2.45) is 23.7 Å². The average molecular weight is 460 g/mol. The van der Waals surface area contributed by atoms with Gasteiger partial charge in [-0.2, -0.15) is 0 Å². The molecule has 0 unspecified atom stereocenters. The first-order valence-corrected chi connectivity index (χ1v) is 10.9. The van der Waals surface area contributed by atoms with Crippen LogP contribution in [0.2, 0.25) is 0 Å². The van der Waals surface area contributed by atoms with E-state index in [1.807, 2.05) is 12.2 Å². The lowest BCUT2D eigenvalue weighted by Gasteiger charge is -2.17. The Kier molecular flexibility index (Phi) is 5.11. The number of hydrogen-bond donors (Lipinski definition) is 0. The minimum Gasteiger partial charge on any atom is -0.454 e. The van der Waals surface area contributed by atoms with Crippen LogP contribution in [0.25, 0.3) is 0 Å². The number of esters is 1. The first-order valence-electron chi connectivity index (χ1n) is 10.9. The summed E-state index contributed by atoms with van der Waals surface area (Å²) in [5, 5.41) is 11.1. The highest BCUT2D eigenvalue weighted by molar-refractivity contribution is 6.22. The number of carbonyl (C=O) groups is 4. The zero-order valence-corrected chi connectivity index (χ0v) is 18.2. The number of aryl methyl sites for hydroxylation is 1. The van der Waals surface area contributed by atoms with Gasteiger partial charge in [0.05, 0.1) is 28.0 Å². The third kappa shape index (κ3) is 3.40. The Morgan fingerprint density at radius 2 is 1.59 bits per heavy atom. The molecule has 2 aliphatic carbocycles. The summed E-state index contributed by atoms with van der Waals surface area (Å²) in [6.45, 7) is 0.982. The topological polar surface area (TPSA) is 124 Å². The molecule has 0 spiro atoms. The second kappa shape index (κ2) is 8.02. The van der Waals surface area contributed by atoms with Gasteiger partial charge < -0.3 is 4.74 Å². The van der Waals surface area contributed by atoms with Gasteiger partial charge in [-0.1, -0.05) is 24.3 Å². The van der Waals surface area contributed by atoms with E-state index in [9.17, 15) is 29.3 Å². The predicted molar refractivity (Wildman–Crippen MR) is 119 cm³/mol. The van der Waals surface area contributed by atoms with Crippen LogP contribution in [-0.4, -0.2) is 35.1 Å². The molecule has 2 amide bonds. The number of nitro groups is 1. The fourth-order valence-corrected chi connectivity index (χ4v) is 5.18. The van der Waals surface area contributed by atoms with Crippen molar-refractivity contribution in [3.05, 3.63) is 81.4 Å². The predicted octanol–water partition coefficient (Wildman–Crippen LogP) is 3.25. The molecule has 1 saturated carbocycles. The number of ether oxygens (including phenoxy) is 1. The number of nitro benzene ring substituents is 1. The van der Waals surface area contributed by atoms with E-state index in [2.05, 4.69) is 0 Å². The highest BCUT2D eigenvalue weighted by atomic mass is 16.6. The smallest absolute Gasteiger partial charge is 0.338 e. The van der Waals surface area contributed by atoms with E-state index in [1.165, 1.54) is 41.3 Å². The van der Waals surface area contributed by atoms with E-state index in [1.54, 1.807) is 6.92 Å². The van der Waals surface area contributed by atoms with Crippen LogP contribution < -0.4 is 4.90 Å². The largest absolute Gasteiger partial charge is 0.454 e. The van der Waals surface area contributed by atoms with Crippen molar-refractivity contribution in [3.8, 4) is 0 Å². The van der Waals surface area contributed by atoms with Gasteiger partial charge in [0.25, 0.3) is 5.69 Å². The number of ketones is 1. The van der Waals surface area contributed by atoms with Gasteiger partial charge in [-0.15, -0.1) is 0 Å². The maximum absolute atomic E-state index is 12.9. The second-order valence-electron chi connectivity index (χ2n) is 8.82. The van der Waals surface area contributed by atoms with Crippen LogP contribution in [0.1, 0.15) is 32.7 Å². The van der Waals surface area contributed by atoms with Gasteiger partial charge in [0, 0.05) is 17.2 Å². The van der Waals surface area contributed by atoms with Crippen molar-refractivity contribution in [3.63, 3.8) is 0 Å². The maximum Gasteiger partial charge on any atom is 0.338 e. The number of rotatable bonds is 6. The lowest BCUT2D eigenvalue weighted by molar-refractivity contribution is -0.385. The quantitative estimate of drug-likeness (QED) is 0.162. The summed E-state index contributed by atoms with van der Waals surface area (Å²) in [6.07, 6.45) is 4.89. The lowest BCUT2D eigenvalue weighted by atomic mass is 9.85. The Balaban J connectivity index is 1.24. The van der Waals surface area contributed by atoms with Gasteiger partial charge in [-0.05, 0) is 49.4 Å². The Hall–Kier alpha value is -4.14. The van der Waals surface area contributed by atoms with Gasteiger partial charge in [-0.25, -0.2) is 4.79 Å². The van der Waals surface area contributed by atoms with Crippen LogP contribution in [0.5, 0.6) is 0 Å². The highest BCUT2D eigenvalue weighted by Gasteiger charge is 2.59. The molecule has 0 N–H and O–H groups in total. The minimum atomic E-state index is -0.764. The van der Waals surface area contributed by atoms with Gasteiger partial charge >= 0.3 is 5.97 Å². The van der Waals surface area contributed by atoms with Crippen LogP contribution >= 0.6 is 0 Å². The molecule has 2 aromatic carbocycles. The number of imide groups is 1. The van der Waals surface area contributed by atoms with Crippen LogP contribution in [-0.2, 0) is 14.3 Å². The monoisotopic (exact) mass is 460 g/mol. The van der Waals surface area contributed by atoms with Gasteiger partial charge in [0.15, 0.2) is 6.61 Å². The van der Waals surface area contributed by atoms with E-state index in [4.69, 9.17) is 4.74 Å². The molecule has 4 atom stereocenters. The number of amides is 2. The molecule has 3 aliphatic rings. The third-order valence-corrected chi connectivity index (χ3v) is 6.89. The molecular formula is C25H20N2O7. The number of fused-ring (bicyclic) bond motifs is 5. The molecule has 2 fully saturated rings. The molecule has 0 radical (unpaired) electrons. The van der Waals surface area contributed by atoms with E-state index in [-0.39, 0.29) is 52.3 Å². The van der Waals surface area contributed by atoms with Crippen LogP contribution in [0.4, 0.5) is 11.4 Å².